The number of carbonyl (C=O) groups excluding carboxylic acids is 3. The van der Waals surface area contributed by atoms with Gasteiger partial charge in [-0.1, -0.05) is 29.8 Å². The maximum absolute atomic E-state index is 12.6. The van der Waals surface area contributed by atoms with Gasteiger partial charge in [0.05, 0.1) is 16.2 Å². The van der Waals surface area contributed by atoms with E-state index in [1.54, 1.807) is 18.2 Å². The molecular formula is C21H15ClN4O5S. The molecule has 0 saturated heterocycles. The molecule has 11 heteroatoms. The lowest BCUT2D eigenvalue weighted by Crippen LogP contribution is -2.33. The fourth-order valence-corrected chi connectivity index (χ4v) is 4.46. The molecule has 0 saturated carbocycles. The molecule has 1 N–H and O–H groups in total. The van der Waals surface area contributed by atoms with Crippen molar-refractivity contribution in [2.24, 2.45) is 0 Å². The number of anilines is 1. The SMILES string of the molecule is Cc1sc(NC(=O)CCN2C(=O)c3cccc([N+](=O)[O-])c3C2=O)nc1-c1cccc(Cl)c1. The largest absolute Gasteiger partial charge is 0.302 e. The highest BCUT2D eigenvalue weighted by molar-refractivity contribution is 7.16. The lowest BCUT2D eigenvalue weighted by atomic mass is 10.1. The van der Waals surface area contributed by atoms with Crippen LogP contribution in [-0.2, 0) is 4.79 Å². The van der Waals surface area contributed by atoms with Crippen LogP contribution in [0.15, 0.2) is 42.5 Å². The van der Waals surface area contributed by atoms with E-state index in [1.165, 1.54) is 29.5 Å². The molecule has 0 spiro atoms. The van der Waals surface area contributed by atoms with Crippen LogP contribution >= 0.6 is 22.9 Å². The number of carbonyl (C=O) groups is 3. The Morgan fingerprint density at radius 3 is 2.69 bits per heavy atom. The van der Waals surface area contributed by atoms with E-state index in [1.807, 2.05) is 13.0 Å². The smallest absolute Gasteiger partial charge is 0.282 e. The minimum atomic E-state index is -0.779. The number of hydrogen-bond acceptors (Lipinski definition) is 7. The molecule has 1 aliphatic heterocycles. The number of nitro groups is 1. The maximum atomic E-state index is 12.6. The Bertz CT molecular complexity index is 1290. The standard InChI is InChI=1S/C21H15ClN4O5S/c1-11-18(12-4-2-5-13(22)10-12)24-21(32-11)23-16(27)8-9-25-19(28)14-6-3-7-15(26(30)31)17(14)20(25)29/h2-7,10H,8-9H2,1H3,(H,23,24,27). The summed E-state index contributed by atoms with van der Waals surface area (Å²) in [5.74, 6) is -1.88. The summed E-state index contributed by atoms with van der Waals surface area (Å²) in [7, 11) is 0. The minimum absolute atomic E-state index is 0.0358. The summed E-state index contributed by atoms with van der Waals surface area (Å²) in [4.78, 5) is 54.2. The van der Waals surface area contributed by atoms with E-state index < -0.39 is 28.3 Å². The minimum Gasteiger partial charge on any atom is -0.302 e. The van der Waals surface area contributed by atoms with Gasteiger partial charge in [-0.05, 0) is 25.1 Å². The second-order valence-electron chi connectivity index (χ2n) is 6.95. The third-order valence-electron chi connectivity index (χ3n) is 4.88. The molecule has 1 aromatic heterocycles. The molecule has 2 aromatic carbocycles. The zero-order valence-corrected chi connectivity index (χ0v) is 18.2. The zero-order chi connectivity index (χ0) is 23.0. The molecule has 9 nitrogen and oxygen atoms in total. The fraction of sp³-hybridized carbons (Fsp3) is 0.143. The monoisotopic (exact) mass is 470 g/mol. The highest BCUT2D eigenvalue weighted by Gasteiger charge is 2.40. The summed E-state index contributed by atoms with van der Waals surface area (Å²) in [6.45, 7) is 1.66. The number of halogens is 1. The van der Waals surface area contributed by atoms with Crippen molar-refractivity contribution in [2.75, 3.05) is 11.9 Å². The number of amides is 3. The Morgan fingerprint density at radius 2 is 1.97 bits per heavy atom. The number of nitrogens with zero attached hydrogens (tertiary/aromatic N) is 3. The maximum Gasteiger partial charge on any atom is 0.282 e. The number of fused-ring (bicyclic) bond motifs is 1. The fourth-order valence-electron chi connectivity index (χ4n) is 3.42. The summed E-state index contributed by atoms with van der Waals surface area (Å²) in [6, 6.07) is 11.1. The molecule has 3 amide bonds. The first-order chi connectivity index (χ1) is 15.3. The van der Waals surface area contributed by atoms with E-state index >= 15 is 0 Å². The van der Waals surface area contributed by atoms with Gasteiger partial charge in [0.15, 0.2) is 5.13 Å². The van der Waals surface area contributed by atoms with Crippen molar-refractivity contribution in [1.29, 1.82) is 0 Å². The third-order valence-corrected chi connectivity index (χ3v) is 6.00. The summed E-state index contributed by atoms with van der Waals surface area (Å²) >= 11 is 7.32. The normalized spacial score (nSPS) is 12.8. The number of aromatic nitrogens is 1. The van der Waals surface area contributed by atoms with E-state index in [0.717, 1.165) is 15.3 Å². The van der Waals surface area contributed by atoms with Crippen LogP contribution in [0.1, 0.15) is 32.0 Å². The topological polar surface area (TPSA) is 123 Å². The van der Waals surface area contributed by atoms with Crippen LogP contribution in [0.25, 0.3) is 11.3 Å². The second-order valence-corrected chi connectivity index (χ2v) is 8.59. The third kappa shape index (κ3) is 3.97. The quantitative estimate of drug-likeness (QED) is 0.325. The van der Waals surface area contributed by atoms with Crippen LogP contribution in [0.2, 0.25) is 5.02 Å². The molecule has 32 heavy (non-hydrogen) atoms. The van der Waals surface area contributed by atoms with Crippen molar-refractivity contribution in [1.82, 2.24) is 9.88 Å². The van der Waals surface area contributed by atoms with Gasteiger partial charge in [0.2, 0.25) is 5.91 Å². The van der Waals surface area contributed by atoms with Gasteiger partial charge < -0.3 is 5.32 Å². The van der Waals surface area contributed by atoms with E-state index in [-0.39, 0.29) is 24.1 Å². The summed E-state index contributed by atoms with van der Waals surface area (Å²) < 4.78 is 0. The highest BCUT2D eigenvalue weighted by atomic mass is 35.5. The Labute approximate surface area is 190 Å². The number of imide groups is 1. The lowest BCUT2D eigenvalue weighted by molar-refractivity contribution is -0.385. The van der Waals surface area contributed by atoms with Crippen LogP contribution in [-0.4, -0.2) is 39.1 Å². The second kappa shape index (κ2) is 8.48. The molecule has 0 unspecified atom stereocenters. The van der Waals surface area contributed by atoms with Crippen molar-refractivity contribution in [3.63, 3.8) is 0 Å². The summed E-state index contributed by atoms with van der Waals surface area (Å²) in [5.41, 5.74) is 0.801. The van der Waals surface area contributed by atoms with Gasteiger partial charge in [-0.2, -0.15) is 0 Å². The molecular weight excluding hydrogens is 456 g/mol. The van der Waals surface area contributed by atoms with Gasteiger partial charge in [-0.3, -0.25) is 29.4 Å². The Balaban J connectivity index is 1.44. The molecule has 0 radical (unpaired) electrons. The van der Waals surface area contributed by atoms with Crippen molar-refractivity contribution in [2.45, 2.75) is 13.3 Å². The number of nitrogens with one attached hydrogen (secondary N) is 1. The molecule has 0 bridgehead atoms. The molecule has 4 rings (SSSR count). The van der Waals surface area contributed by atoms with Gasteiger partial charge >= 0.3 is 0 Å². The van der Waals surface area contributed by atoms with Crippen molar-refractivity contribution < 1.29 is 19.3 Å². The van der Waals surface area contributed by atoms with E-state index in [2.05, 4.69) is 10.3 Å². The van der Waals surface area contributed by atoms with E-state index in [4.69, 9.17) is 11.6 Å². The van der Waals surface area contributed by atoms with Crippen molar-refractivity contribution in [3.8, 4) is 11.3 Å². The Morgan fingerprint density at radius 1 is 1.22 bits per heavy atom. The van der Waals surface area contributed by atoms with Gasteiger partial charge in [0.1, 0.15) is 5.56 Å². The molecule has 1 aliphatic rings. The number of aryl methyl sites for hydroxylation is 1. The number of benzene rings is 2. The number of thiazole rings is 1. The molecule has 0 atom stereocenters. The molecule has 0 fully saturated rings. The number of nitro benzene ring substituents is 1. The summed E-state index contributed by atoms with van der Waals surface area (Å²) in [5, 5.41) is 14.8. The van der Waals surface area contributed by atoms with Crippen molar-refractivity contribution >= 4 is 51.5 Å². The highest BCUT2D eigenvalue weighted by Crippen LogP contribution is 2.32. The lowest BCUT2D eigenvalue weighted by Gasteiger charge is -2.12. The van der Waals surface area contributed by atoms with Crippen LogP contribution in [0.5, 0.6) is 0 Å². The number of rotatable bonds is 6. The van der Waals surface area contributed by atoms with Gasteiger partial charge in [-0.25, -0.2) is 4.98 Å². The molecule has 162 valence electrons. The van der Waals surface area contributed by atoms with Crippen LogP contribution in [0, 0.1) is 17.0 Å². The van der Waals surface area contributed by atoms with Gasteiger partial charge in [0, 0.05) is 34.5 Å². The predicted octanol–water partition coefficient (Wildman–Crippen LogP) is 4.30. The predicted molar refractivity (Wildman–Crippen MR) is 119 cm³/mol. The van der Waals surface area contributed by atoms with Crippen LogP contribution in [0.3, 0.4) is 0 Å². The first kappa shape index (κ1) is 21.6. The van der Waals surface area contributed by atoms with Crippen LogP contribution < -0.4 is 5.32 Å². The average molecular weight is 471 g/mol. The Kier molecular flexibility index (Phi) is 5.72. The first-order valence-electron chi connectivity index (χ1n) is 9.43. The first-order valence-corrected chi connectivity index (χ1v) is 10.6. The van der Waals surface area contributed by atoms with Crippen LogP contribution in [0.4, 0.5) is 10.8 Å². The van der Waals surface area contributed by atoms with Gasteiger partial charge in [0.25, 0.3) is 17.5 Å². The average Bonchev–Trinajstić information content (AvgIpc) is 3.23. The molecule has 0 aliphatic carbocycles. The molecule has 3 aromatic rings. The van der Waals surface area contributed by atoms with E-state index in [9.17, 15) is 24.5 Å². The number of hydrogen-bond donors (Lipinski definition) is 1. The molecule has 2 heterocycles. The Hall–Kier alpha value is -3.63. The summed E-state index contributed by atoms with van der Waals surface area (Å²) in [6.07, 6.45) is -0.176. The van der Waals surface area contributed by atoms with Crippen molar-refractivity contribution in [3.05, 3.63) is 73.6 Å². The zero-order valence-electron chi connectivity index (χ0n) is 16.6. The van der Waals surface area contributed by atoms with Gasteiger partial charge in [-0.15, -0.1) is 11.3 Å². The van der Waals surface area contributed by atoms with E-state index in [0.29, 0.717) is 15.8 Å².